The Morgan fingerprint density at radius 1 is 1.45 bits per heavy atom. The van der Waals surface area contributed by atoms with Gasteiger partial charge in [0.1, 0.15) is 0 Å². The zero-order chi connectivity index (χ0) is 7.42. The normalized spacial score (nSPS) is 51.5. The largest absolute Gasteiger partial charge is 0.484 e. The molecule has 0 spiro atoms. The predicted molar refractivity (Wildman–Crippen MR) is 42.6 cm³/mol. The summed E-state index contributed by atoms with van der Waals surface area (Å²) in [5.74, 6) is 3.66. The van der Waals surface area contributed by atoms with Gasteiger partial charge in [-0.3, -0.25) is 4.99 Å². The van der Waals surface area contributed by atoms with E-state index in [1.54, 1.807) is 7.11 Å². The summed E-state index contributed by atoms with van der Waals surface area (Å²) < 4.78 is 5.25. The standard InChI is InChI=1S/C9H13NO/c1-11-9-8-5-3-2-4-6(10-9)7(5)8/h5-8H,2-4H2,1H3/t5-,6+,7+,8+/m0/s1. The Hall–Kier alpha value is -0.530. The molecule has 0 radical (unpaired) electrons. The van der Waals surface area contributed by atoms with Gasteiger partial charge < -0.3 is 4.74 Å². The fourth-order valence-electron chi connectivity index (χ4n) is 2.99. The molecule has 2 saturated carbocycles. The predicted octanol–water partition coefficient (Wildman–Crippen LogP) is 1.46. The van der Waals surface area contributed by atoms with Crippen LogP contribution in [0.3, 0.4) is 0 Å². The highest BCUT2D eigenvalue weighted by Gasteiger charge is 2.62. The van der Waals surface area contributed by atoms with Crippen molar-refractivity contribution < 1.29 is 4.74 Å². The number of rotatable bonds is 0. The third-order valence-electron chi connectivity index (χ3n) is 3.50. The lowest BCUT2D eigenvalue weighted by molar-refractivity contribution is 0.369. The lowest BCUT2D eigenvalue weighted by atomic mass is 9.96. The van der Waals surface area contributed by atoms with Gasteiger partial charge in [0.25, 0.3) is 0 Å². The van der Waals surface area contributed by atoms with E-state index in [-0.39, 0.29) is 0 Å². The van der Waals surface area contributed by atoms with Gasteiger partial charge in [-0.2, -0.15) is 0 Å². The Balaban J connectivity index is 1.91. The van der Waals surface area contributed by atoms with Crippen molar-refractivity contribution in [2.24, 2.45) is 22.7 Å². The molecular formula is C9H13NO. The van der Waals surface area contributed by atoms with Crippen molar-refractivity contribution in [2.75, 3.05) is 7.11 Å². The Bertz CT molecular complexity index is 224. The van der Waals surface area contributed by atoms with E-state index in [9.17, 15) is 0 Å². The van der Waals surface area contributed by atoms with E-state index >= 15 is 0 Å². The number of nitrogens with zero attached hydrogens (tertiary/aromatic N) is 1. The fraction of sp³-hybridized carbons (Fsp3) is 0.889. The van der Waals surface area contributed by atoms with E-state index < -0.39 is 0 Å². The molecule has 0 saturated heterocycles. The van der Waals surface area contributed by atoms with Gasteiger partial charge in [-0.15, -0.1) is 0 Å². The quantitative estimate of drug-likeness (QED) is 0.513. The summed E-state index contributed by atoms with van der Waals surface area (Å²) in [4.78, 5) is 4.55. The van der Waals surface area contributed by atoms with Crippen LogP contribution in [0.2, 0.25) is 0 Å². The van der Waals surface area contributed by atoms with Crippen LogP contribution in [0.5, 0.6) is 0 Å². The second kappa shape index (κ2) is 1.79. The first-order valence-electron chi connectivity index (χ1n) is 4.53. The average Bonchev–Trinajstić information content (AvgIpc) is 2.59. The number of ether oxygens (including phenoxy) is 1. The minimum absolute atomic E-state index is 0.647. The van der Waals surface area contributed by atoms with Crippen molar-refractivity contribution in [1.82, 2.24) is 0 Å². The Morgan fingerprint density at radius 2 is 2.36 bits per heavy atom. The Morgan fingerprint density at radius 3 is 3.00 bits per heavy atom. The second-order valence-electron chi connectivity index (χ2n) is 3.94. The molecule has 0 unspecified atom stereocenters. The van der Waals surface area contributed by atoms with Crippen LogP contribution in [-0.4, -0.2) is 19.0 Å². The van der Waals surface area contributed by atoms with Crippen molar-refractivity contribution in [3.63, 3.8) is 0 Å². The van der Waals surface area contributed by atoms with Gasteiger partial charge in [0, 0.05) is 5.92 Å². The Labute approximate surface area is 66.7 Å². The molecule has 2 aliphatic carbocycles. The number of hydrogen-bond donors (Lipinski definition) is 0. The smallest absolute Gasteiger partial charge is 0.187 e. The number of fused-ring (bicyclic) bond motifs is 1. The van der Waals surface area contributed by atoms with Crippen molar-refractivity contribution in [3.05, 3.63) is 0 Å². The molecule has 2 nitrogen and oxygen atoms in total. The van der Waals surface area contributed by atoms with Gasteiger partial charge in [0.2, 0.25) is 0 Å². The molecule has 2 heteroatoms. The maximum absolute atomic E-state index is 5.25. The SMILES string of the molecule is COC1=N[C@@H]2CCC[C@@H]3[C@@H]1[C@H]32. The molecule has 3 rings (SSSR count). The molecule has 60 valence electrons. The van der Waals surface area contributed by atoms with Crippen molar-refractivity contribution in [2.45, 2.75) is 25.3 Å². The molecule has 0 aromatic rings. The van der Waals surface area contributed by atoms with Crippen molar-refractivity contribution in [1.29, 1.82) is 0 Å². The molecule has 0 aromatic heterocycles. The first-order valence-corrected chi connectivity index (χ1v) is 4.53. The molecule has 1 heterocycles. The van der Waals surface area contributed by atoms with Crippen LogP contribution in [0, 0.1) is 17.8 Å². The van der Waals surface area contributed by atoms with E-state index in [0.29, 0.717) is 6.04 Å². The summed E-state index contributed by atoms with van der Waals surface area (Å²) in [7, 11) is 1.76. The van der Waals surface area contributed by atoms with Gasteiger partial charge in [-0.05, 0) is 24.7 Å². The fourth-order valence-corrected chi connectivity index (χ4v) is 2.99. The molecular weight excluding hydrogens is 138 g/mol. The summed E-state index contributed by atoms with van der Waals surface area (Å²) in [5, 5.41) is 0. The molecule has 11 heavy (non-hydrogen) atoms. The molecule has 2 fully saturated rings. The number of hydrogen-bond acceptors (Lipinski definition) is 2. The van der Waals surface area contributed by atoms with Gasteiger partial charge in [-0.25, -0.2) is 0 Å². The van der Waals surface area contributed by atoms with E-state index in [0.717, 1.165) is 23.7 Å². The molecule has 1 aliphatic heterocycles. The van der Waals surface area contributed by atoms with Gasteiger partial charge >= 0.3 is 0 Å². The first kappa shape index (κ1) is 6.04. The van der Waals surface area contributed by atoms with Gasteiger partial charge in [0.15, 0.2) is 5.90 Å². The minimum atomic E-state index is 0.647. The minimum Gasteiger partial charge on any atom is -0.484 e. The lowest BCUT2D eigenvalue weighted by Gasteiger charge is -2.16. The maximum atomic E-state index is 5.25. The average molecular weight is 151 g/mol. The van der Waals surface area contributed by atoms with Crippen molar-refractivity contribution in [3.8, 4) is 0 Å². The summed E-state index contributed by atoms with van der Waals surface area (Å²) in [5.41, 5.74) is 0. The molecule has 0 N–H and O–H groups in total. The van der Waals surface area contributed by atoms with Gasteiger partial charge in [0.05, 0.1) is 13.2 Å². The van der Waals surface area contributed by atoms with Crippen molar-refractivity contribution >= 4 is 5.90 Å². The maximum Gasteiger partial charge on any atom is 0.187 e. The van der Waals surface area contributed by atoms with Crippen LogP contribution in [0.15, 0.2) is 4.99 Å². The summed E-state index contributed by atoms with van der Waals surface area (Å²) in [6, 6.07) is 0.647. The van der Waals surface area contributed by atoms with E-state index in [1.807, 2.05) is 0 Å². The molecule has 0 bridgehead atoms. The summed E-state index contributed by atoms with van der Waals surface area (Å²) in [6.07, 6.45) is 4.13. The van der Waals surface area contributed by atoms with Crippen LogP contribution >= 0.6 is 0 Å². The van der Waals surface area contributed by atoms with Crippen LogP contribution in [0.4, 0.5) is 0 Å². The van der Waals surface area contributed by atoms with Crippen LogP contribution in [0.25, 0.3) is 0 Å². The highest BCUT2D eigenvalue weighted by molar-refractivity contribution is 5.85. The second-order valence-corrected chi connectivity index (χ2v) is 3.94. The zero-order valence-electron chi connectivity index (χ0n) is 6.79. The third-order valence-corrected chi connectivity index (χ3v) is 3.50. The van der Waals surface area contributed by atoms with Gasteiger partial charge in [-0.1, -0.05) is 6.42 Å². The molecule has 4 atom stereocenters. The highest BCUT2D eigenvalue weighted by Crippen LogP contribution is 2.60. The van der Waals surface area contributed by atoms with E-state index in [2.05, 4.69) is 4.99 Å². The van der Waals surface area contributed by atoms with Crippen LogP contribution in [0.1, 0.15) is 19.3 Å². The molecule has 0 amide bonds. The highest BCUT2D eigenvalue weighted by atomic mass is 16.5. The van der Waals surface area contributed by atoms with E-state index in [4.69, 9.17) is 4.74 Å². The third kappa shape index (κ3) is 0.608. The molecule has 3 aliphatic rings. The first-order chi connectivity index (χ1) is 5.42. The molecule has 0 aromatic carbocycles. The van der Waals surface area contributed by atoms with E-state index in [1.165, 1.54) is 19.3 Å². The number of aliphatic imine (C=N–C) groups is 1. The van der Waals surface area contributed by atoms with Crippen LogP contribution < -0.4 is 0 Å². The topological polar surface area (TPSA) is 21.6 Å². The Kier molecular flexibility index (Phi) is 0.984. The zero-order valence-corrected chi connectivity index (χ0v) is 6.79. The lowest BCUT2D eigenvalue weighted by Crippen LogP contribution is -2.14. The summed E-state index contributed by atoms with van der Waals surface area (Å²) in [6.45, 7) is 0. The number of methoxy groups -OCH3 is 1. The van der Waals surface area contributed by atoms with Crippen LogP contribution in [-0.2, 0) is 4.74 Å². The summed E-state index contributed by atoms with van der Waals surface area (Å²) >= 11 is 0. The monoisotopic (exact) mass is 151 g/mol.